The van der Waals surface area contributed by atoms with Crippen molar-refractivity contribution >= 4 is 32.7 Å². The van der Waals surface area contributed by atoms with E-state index in [1.165, 1.54) is 5.56 Å². The van der Waals surface area contributed by atoms with E-state index in [-0.39, 0.29) is 32.2 Å². The van der Waals surface area contributed by atoms with Crippen molar-refractivity contribution in [1.29, 1.82) is 0 Å². The molecule has 4 nitrogen and oxygen atoms in total. The van der Waals surface area contributed by atoms with Crippen LogP contribution in [0.4, 0.5) is 0 Å². The molecule has 8 aromatic rings. The Hall–Kier alpha value is -5.05. The second-order valence-corrected chi connectivity index (χ2v) is 12.9. The fourth-order valence-electron chi connectivity index (χ4n) is 6.32. The van der Waals surface area contributed by atoms with Gasteiger partial charge in [-0.1, -0.05) is 99.6 Å². The predicted octanol–water partition coefficient (Wildman–Crippen LogP) is 10.5. The fraction of sp³-hybridized carbons (Fsp3) is 0.0952. The average molecular weight is 790 g/mol. The summed E-state index contributed by atoms with van der Waals surface area (Å²) >= 11 is 0. The molecule has 0 radical (unpaired) electrons. The summed E-state index contributed by atoms with van der Waals surface area (Å²) < 4.78 is 2.21. The molecule has 47 heavy (non-hydrogen) atoms. The Morgan fingerprint density at radius 3 is 2.13 bits per heavy atom. The molecule has 5 aromatic carbocycles. The second kappa shape index (κ2) is 12.0. The number of aromatic nitrogens is 3. The average Bonchev–Trinajstić information content (AvgIpc) is 3.42. The van der Waals surface area contributed by atoms with Crippen molar-refractivity contribution in [3.8, 4) is 45.1 Å². The Morgan fingerprint density at radius 1 is 0.660 bits per heavy atom. The van der Waals surface area contributed by atoms with Crippen molar-refractivity contribution in [3.05, 3.63) is 145 Å². The van der Waals surface area contributed by atoms with Gasteiger partial charge >= 0.3 is 0 Å². The van der Waals surface area contributed by atoms with Crippen molar-refractivity contribution in [2.45, 2.75) is 26.2 Å². The van der Waals surface area contributed by atoms with Gasteiger partial charge in [-0.2, -0.15) is 0 Å². The SMILES string of the molecule is CC(C)(C)c1cc(-c2cc(-c3ccccc3)cc(-c3cc4ccccc4cc3O)n2)[c-]c(-n2c3ccccc3c3cccnc32)c1.[Pt]. The summed E-state index contributed by atoms with van der Waals surface area (Å²) in [7, 11) is 0. The van der Waals surface area contributed by atoms with E-state index in [9.17, 15) is 5.11 Å². The summed E-state index contributed by atoms with van der Waals surface area (Å²) in [4.78, 5) is 10.1. The Labute approximate surface area is 288 Å². The van der Waals surface area contributed by atoms with Crippen LogP contribution in [-0.4, -0.2) is 19.6 Å². The van der Waals surface area contributed by atoms with Gasteiger partial charge in [0, 0.05) is 43.6 Å². The van der Waals surface area contributed by atoms with Crippen molar-refractivity contribution in [1.82, 2.24) is 14.5 Å². The number of pyridine rings is 2. The number of benzene rings is 5. The molecule has 232 valence electrons. The summed E-state index contributed by atoms with van der Waals surface area (Å²) in [6.07, 6.45) is 1.85. The van der Waals surface area contributed by atoms with Crippen LogP contribution in [0.5, 0.6) is 5.75 Å². The number of phenols is 1. The predicted molar refractivity (Wildman–Crippen MR) is 189 cm³/mol. The smallest absolute Gasteiger partial charge is 0.144 e. The summed E-state index contributed by atoms with van der Waals surface area (Å²) in [5.41, 5.74) is 9.06. The van der Waals surface area contributed by atoms with Crippen LogP contribution >= 0.6 is 0 Å². The molecular formula is C42H32N3OPt-. The molecule has 3 heterocycles. The van der Waals surface area contributed by atoms with E-state index in [4.69, 9.17) is 9.97 Å². The van der Waals surface area contributed by atoms with Gasteiger partial charge in [0.25, 0.3) is 0 Å². The molecule has 0 amide bonds. The number of aromatic hydroxyl groups is 1. The first kappa shape index (κ1) is 30.6. The molecule has 0 aliphatic rings. The minimum Gasteiger partial charge on any atom is -0.507 e. The molecule has 0 spiro atoms. The molecule has 8 rings (SSSR count). The maximum absolute atomic E-state index is 11.2. The van der Waals surface area contributed by atoms with Crippen LogP contribution < -0.4 is 0 Å². The van der Waals surface area contributed by atoms with E-state index >= 15 is 0 Å². The van der Waals surface area contributed by atoms with Gasteiger partial charge in [0.15, 0.2) is 0 Å². The van der Waals surface area contributed by atoms with Gasteiger partial charge in [-0.15, -0.1) is 29.3 Å². The number of hydrogen-bond donors (Lipinski definition) is 1. The number of nitrogens with zero attached hydrogens (tertiary/aromatic N) is 3. The maximum Gasteiger partial charge on any atom is 0.144 e. The molecule has 1 N–H and O–H groups in total. The van der Waals surface area contributed by atoms with Gasteiger partial charge in [0.2, 0.25) is 0 Å². The standard InChI is InChI=1S/C42H32N3O.Pt/c1-42(2,3)32-20-31(21-33(26-32)45-39-18-10-9-16-34(39)35-17-11-19-43-41(35)45)37-23-30(27-12-5-4-6-13-27)24-38(44-37)36-22-28-14-7-8-15-29(28)25-40(36)46;/h4-20,22-26,46H,1-3H3;/q-1;. The van der Waals surface area contributed by atoms with Crippen LogP contribution in [0.25, 0.3) is 72.0 Å². The Morgan fingerprint density at radius 2 is 1.34 bits per heavy atom. The Kier molecular flexibility index (Phi) is 7.78. The summed E-state index contributed by atoms with van der Waals surface area (Å²) in [5, 5.41) is 15.5. The molecule has 3 aromatic heterocycles. The van der Waals surface area contributed by atoms with Crippen LogP contribution in [0.2, 0.25) is 0 Å². The molecule has 5 heteroatoms. The summed E-state index contributed by atoms with van der Waals surface area (Å²) in [6, 6.07) is 47.2. The van der Waals surface area contributed by atoms with Crippen LogP contribution in [-0.2, 0) is 26.5 Å². The zero-order valence-corrected chi connectivity index (χ0v) is 28.6. The third-order valence-corrected chi connectivity index (χ3v) is 8.74. The third-order valence-electron chi connectivity index (χ3n) is 8.74. The Bertz CT molecular complexity index is 2370. The van der Waals surface area contributed by atoms with E-state index in [0.29, 0.717) is 11.3 Å². The number of phenolic OH excluding ortho intramolecular Hbond substituents is 1. The van der Waals surface area contributed by atoms with Gasteiger partial charge in [0.05, 0.1) is 11.2 Å². The molecular weight excluding hydrogens is 758 g/mol. The van der Waals surface area contributed by atoms with Crippen LogP contribution in [0.3, 0.4) is 0 Å². The molecule has 0 bridgehead atoms. The minimum atomic E-state index is -0.138. The quantitative estimate of drug-likeness (QED) is 0.181. The third kappa shape index (κ3) is 5.53. The zero-order valence-electron chi connectivity index (χ0n) is 26.3. The van der Waals surface area contributed by atoms with E-state index in [1.54, 1.807) is 0 Å². The maximum atomic E-state index is 11.2. The van der Waals surface area contributed by atoms with Crippen LogP contribution in [0.1, 0.15) is 26.3 Å². The number of hydrogen-bond acceptors (Lipinski definition) is 3. The van der Waals surface area contributed by atoms with Crippen molar-refractivity contribution in [3.63, 3.8) is 0 Å². The molecule has 0 aliphatic carbocycles. The van der Waals surface area contributed by atoms with Crippen molar-refractivity contribution in [2.75, 3.05) is 0 Å². The fourth-order valence-corrected chi connectivity index (χ4v) is 6.32. The second-order valence-electron chi connectivity index (χ2n) is 12.9. The minimum absolute atomic E-state index is 0. The largest absolute Gasteiger partial charge is 0.507 e. The number of fused-ring (bicyclic) bond motifs is 4. The van der Waals surface area contributed by atoms with Gasteiger partial charge in [-0.05, 0) is 75.1 Å². The first-order valence-corrected chi connectivity index (χ1v) is 15.6. The molecule has 0 fully saturated rings. The van der Waals surface area contributed by atoms with Crippen molar-refractivity contribution < 1.29 is 26.2 Å². The van der Waals surface area contributed by atoms with E-state index in [1.807, 2.05) is 60.8 Å². The van der Waals surface area contributed by atoms with Crippen LogP contribution in [0, 0.1) is 6.07 Å². The number of rotatable bonds is 4. The molecule has 0 saturated carbocycles. The van der Waals surface area contributed by atoms with Crippen molar-refractivity contribution in [2.24, 2.45) is 0 Å². The molecule has 0 atom stereocenters. The number of para-hydroxylation sites is 1. The Balaban J connectivity index is 0.00000351. The van der Waals surface area contributed by atoms with E-state index in [2.05, 4.69) is 104 Å². The zero-order chi connectivity index (χ0) is 31.4. The van der Waals surface area contributed by atoms with E-state index in [0.717, 1.165) is 60.8 Å². The van der Waals surface area contributed by atoms with E-state index < -0.39 is 0 Å². The summed E-state index contributed by atoms with van der Waals surface area (Å²) in [5.74, 6) is 0.201. The molecule has 0 saturated heterocycles. The van der Waals surface area contributed by atoms with Gasteiger partial charge < -0.3 is 9.67 Å². The van der Waals surface area contributed by atoms with Gasteiger partial charge in [0.1, 0.15) is 11.4 Å². The molecule has 0 aliphatic heterocycles. The monoisotopic (exact) mass is 789 g/mol. The van der Waals surface area contributed by atoms with Crippen LogP contribution in [0.15, 0.2) is 134 Å². The normalized spacial score (nSPS) is 11.6. The van der Waals surface area contributed by atoms with Gasteiger partial charge in [-0.25, -0.2) is 4.98 Å². The first-order valence-electron chi connectivity index (χ1n) is 15.6. The summed E-state index contributed by atoms with van der Waals surface area (Å²) in [6.45, 7) is 6.69. The topological polar surface area (TPSA) is 50.9 Å². The molecule has 0 unspecified atom stereocenters. The first-order chi connectivity index (χ1) is 22.3. The van der Waals surface area contributed by atoms with Gasteiger partial charge in [-0.3, -0.25) is 4.98 Å².